The highest BCUT2D eigenvalue weighted by atomic mass is 28.3. The average Bonchev–Trinajstić information content (AvgIpc) is 2.90. The van der Waals surface area contributed by atoms with Crippen molar-refractivity contribution in [2.24, 2.45) is 17.3 Å². The van der Waals surface area contributed by atoms with Crippen LogP contribution in [0.5, 0.6) is 0 Å². The highest BCUT2D eigenvalue weighted by molar-refractivity contribution is 6.48. The number of hydrogen-bond acceptors (Lipinski definition) is 5. The van der Waals surface area contributed by atoms with Crippen molar-refractivity contribution in [1.82, 2.24) is 0 Å². The molecule has 4 atom stereocenters. The predicted octanol–water partition coefficient (Wildman–Crippen LogP) is 2.99. The summed E-state index contributed by atoms with van der Waals surface area (Å²) in [4.78, 5) is 15.4. The Balaban J connectivity index is 1.53. The van der Waals surface area contributed by atoms with E-state index in [1.165, 1.54) is 11.0 Å². The first-order chi connectivity index (χ1) is 13.6. The lowest BCUT2D eigenvalue weighted by atomic mass is 9.86. The summed E-state index contributed by atoms with van der Waals surface area (Å²) < 4.78 is 26.6. The van der Waals surface area contributed by atoms with E-state index in [1.807, 2.05) is 0 Å². The largest absolute Gasteiger partial charge is 0.441 e. The van der Waals surface area contributed by atoms with Crippen LogP contribution in [0.1, 0.15) is 20.8 Å². The molecule has 1 aromatic rings. The quantitative estimate of drug-likeness (QED) is 0.739. The Morgan fingerprint density at radius 3 is 2.62 bits per heavy atom. The lowest BCUT2D eigenvalue weighted by molar-refractivity contribution is 0.0963. The molecule has 3 aliphatic rings. The number of carbonyl (C=O) groups excluding carboxylic acids is 1. The molecule has 160 valence electrons. The van der Waals surface area contributed by atoms with Crippen molar-refractivity contribution in [1.29, 1.82) is 0 Å². The van der Waals surface area contributed by atoms with Crippen LogP contribution in [-0.2, 0) is 9.16 Å². The van der Waals surface area contributed by atoms with E-state index in [1.54, 1.807) is 12.1 Å². The highest BCUT2D eigenvalue weighted by Gasteiger charge is 2.73. The molecule has 1 aromatic carbocycles. The van der Waals surface area contributed by atoms with Gasteiger partial charge in [-0.3, -0.25) is 4.90 Å². The highest BCUT2D eigenvalue weighted by Crippen LogP contribution is 2.65. The molecule has 1 aliphatic carbocycles. The van der Waals surface area contributed by atoms with Crippen molar-refractivity contribution in [2.75, 3.05) is 36.0 Å². The predicted molar refractivity (Wildman–Crippen MR) is 112 cm³/mol. The fourth-order valence-electron chi connectivity index (χ4n) is 5.47. The van der Waals surface area contributed by atoms with Crippen molar-refractivity contribution >= 4 is 26.5 Å². The maximum atomic E-state index is 15.0. The standard InChI is InChI=1S/C21H31FN2O4Si/c1-20(2,3)18-15-10-23(12-21(15,18)28-29(4)5)17-7-6-13(8-16(17)22)24-9-14(11-25)27-19(24)26/h6-8,14-15,18,25,29H,9-12H2,1-5H3/t14-,15+,18-,21-/m1/s1. The summed E-state index contributed by atoms with van der Waals surface area (Å²) >= 11 is 0. The molecule has 1 amide bonds. The topological polar surface area (TPSA) is 62.2 Å². The molecular formula is C21H31FN2O4Si. The molecule has 1 saturated carbocycles. The summed E-state index contributed by atoms with van der Waals surface area (Å²) in [7, 11) is -1.23. The van der Waals surface area contributed by atoms with Crippen LogP contribution in [0.25, 0.3) is 0 Å². The molecule has 6 nitrogen and oxygen atoms in total. The number of hydrogen-bond donors (Lipinski definition) is 1. The van der Waals surface area contributed by atoms with Gasteiger partial charge in [-0.25, -0.2) is 9.18 Å². The molecule has 0 aromatic heterocycles. The smallest absolute Gasteiger partial charge is 0.414 e. The van der Waals surface area contributed by atoms with Crippen LogP contribution < -0.4 is 9.80 Å². The molecule has 4 rings (SSSR count). The second-order valence-corrected chi connectivity index (χ2v) is 12.2. The SMILES string of the molecule is C[SiH](C)O[C@]12CN(c3ccc(N4C[C@H](CO)OC4=O)cc3F)C[C@H]1[C@@H]2C(C)(C)C. The number of aliphatic hydroxyl groups is 1. The minimum Gasteiger partial charge on any atom is -0.441 e. The zero-order valence-corrected chi connectivity index (χ0v) is 19.0. The Kier molecular flexibility index (Phi) is 4.95. The Morgan fingerprint density at radius 2 is 2.07 bits per heavy atom. The monoisotopic (exact) mass is 422 g/mol. The molecule has 2 aliphatic heterocycles. The van der Waals surface area contributed by atoms with E-state index < -0.39 is 21.2 Å². The van der Waals surface area contributed by atoms with E-state index in [0.29, 0.717) is 29.8 Å². The number of benzene rings is 1. The van der Waals surface area contributed by atoms with Crippen LogP contribution in [0.4, 0.5) is 20.6 Å². The van der Waals surface area contributed by atoms with Gasteiger partial charge in [-0.05, 0) is 36.7 Å². The lowest BCUT2D eigenvalue weighted by Gasteiger charge is -2.32. The maximum Gasteiger partial charge on any atom is 0.414 e. The number of fused-ring (bicyclic) bond motifs is 1. The fraction of sp³-hybridized carbons (Fsp3) is 0.667. The Hall–Kier alpha value is -1.64. The van der Waals surface area contributed by atoms with E-state index in [2.05, 4.69) is 38.8 Å². The van der Waals surface area contributed by atoms with Gasteiger partial charge in [0.1, 0.15) is 11.9 Å². The summed E-state index contributed by atoms with van der Waals surface area (Å²) in [6.45, 7) is 12.6. The van der Waals surface area contributed by atoms with E-state index in [0.717, 1.165) is 6.54 Å². The number of anilines is 2. The van der Waals surface area contributed by atoms with Gasteiger partial charge in [0.05, 0.1) is 30.1 Å². The van der Waals surface area contributed by atoms with E-state index in [-0.39, 0.29) is 30.0 Å². The van der Waals surface area contributed by atoms with Crippen molar-refractivity contribution in [3.63, 3.8) is 0 Å². The summed E-state index contributed by atoms with van der Waals surface area (Å²) in [6, 6.07) is 4.86. The van der Waals surface area contributed by atoms with Crippen LogP contribution in [0, 0.1) is 23.1 Å². The van der Waals surface area contributed by atoms with Crippen molar-refractivity contribution in [3.05, 3.63) is 24.0 Å². The third kappa shape index (κ3) is 3.45. The van der Waals surface area contributed by atoms with Gasteiger partial charge < -0.3 is 19.2 Å². The lowest BCUT2D eigenvalue weighted by Crippen LogP contribution is -2.38. The number of cyclic esters (lactones) is 1. The van der Waals surface area contributed by atoms with Crippen LogP contribution >= 0.6 is 0 Å². The molecule has 0 radical (unpaired) electrons. The van der Waals surface area contributed by atoms with Crippen molar-refractivity contribution < 1.29 is 23.5 Å². The first kappa shape index (κ1) is 20.6. The minimum atomic E-state index is -1.23. The number of amides is 1. The van der Waals surface area contributed by atoms with Crippen LogP contribution in [0.2, 0.25) is 13.1 Å². The van der Waals surface area contributed by atoms with Crippen LogP contribution in [-0.4, -0.2) is 58.2 Å². The summed E-state index contributed by atoms with van der Waals surface area (Å²) in [5.74, 6) is 0.571. The second-order valence-electron chi connectivity index (χ2n) is 9.89. The fourth-order valence-corrected chi connectivity index (χ4v) is 6.75. The zero-order valence-electron chi connectivity index (χ0n) is 17.8. The summed E-state index contributed by atoms with van der Waals surface area (Å²) in [5, 5.41) is 9.19. The third-order valence-electron chi connectivity index (χ3n) is 6.35. The second kappa shape index (κ2) is 6.96. The molecule has 1 N–H and O–H groups in total. The molecule has 8 heteroatoms. The minimum absolute atomic E-state index is 0.156. The Labute approximate surface area is 173 Å². The number of nitrogens with zero attached hydrogens (tertiary/aromatic N) is 2. The van der Waals surface area contributed by atoms with E-state index in [9.17, 15) is 9.90 Å². The van der Waals surface area contributed by atoms with Gasteiger partial charge in [0, 0.05) is 24.9 Å². The van der Waals surface area contributed by atoms with Crippen LogP contribution in [0.3, 0.4) is 0 Å². The van der Waals surface area contributed by atoms with Gasteiger partial charge in [-0.15, -0.1) is 0 Å². The first-order valence-electron chi connectivity index (χ1n) is 10.4. The number of carbonyl (C=O) groups is 1. The molecule has 0 spiro atoms. The Bertz CT molecular complexity index is 814. The number of aliphatic hydroxyl groups excluding tert-OH is 1. The molecule has 0 unspecified atom stereocenters. The summed E-state index contributed by atoms with van der Waals surface area (Å²) in [6.07, 6.45) is -1.12. The number of halogens is 1. The number of ether oxygens (including phenoxy) is 1. The van der Waals surface area contributed by atoms with Gasteiger partial charge in [-0.1, -0.05) is 20.8 Å². The summed E-state index contributed by atoms with van der Waals surface area (Å²) in [5.41, 5.74) is 1.01. The molecule has 2 heterocycles. The van der Waals surface area contributed by atoms with Gasteiger partial charge >= 0.3 is 6.09 Å². The van der Waals surface area contributed by atoms with Gasteiger partial charge in [-0.2, -0.15) is 0 Å². The molecule has 3 fully saturated rings. The van der Waals surface area contributed by atoms with Crippen LogP contribution in [0.15, 0.2) is 18.2 Å². The maximum absolute atomic E-state index is 15.0. The molecule has 0 bridgehead atoms. The average molecular weight is 423 g/mol. The molecule has 29 heavy (non-hydrogen) atoms. The molecular weight excluding hydrogens is 391 g/mol. The van der Waals surface area contributed by atoms with Gasteiger partial charge in [0.2, 0.25) is 0 Å². The van der Waals surface area contributed by atoms with Crippen molar-refractivity contribution in [3.8, 4) is 0 Å². The van der Waals surface area contributed by atoms with Crippen molar-refractivity contribution in [2.45, 2.75) is 45.6 Å². The normalized spacial score (nSPS) is 31.4. The molecule has 2 saturated heterocycles. The first-order valence-corrected chi connectivity index (χ1v) is 13.2. The van der Waals surface area contributed by atoms with E-state index in [4.69, 9.17) is 9.16 Å². The zero-order chi connectivity index (χ0) is 21.1. The van der Waals surface area contributed by atoms with Gasteiger partial charge in [0.25, 0.3) is 0 Å². The van der Waals surface area contributed by atoms with E-state index >= 15 is 4.39 Å². The van der Waals surface area contributed by atoms with Gasteiger partial charge in [0.15, 0.2) is 9.04 Å². The number of rotatable bonds is 5. The third-order valence-corrected chi connectivity index (χ3v) is 7.26. The number of piperidine rings is 1. The Morgan fingerprint density at radius 1 is 1.34 bits per heavy atom.